The van der Waals surface area contributed by atoms with Crippen LogP contribution in [0.3, 0.4) is 0 Å². The Morgan fingerprint density at radius 1 is 0.586 bits per heavy atom. The van der Waals surface area contributed by atoms with Gasteiger partial charge in [-0.05, 0) is 78.3 Å². The summed E-state index contributed by atoms with van der Waals surface area (Å²) in [5.74, 6) is -1.33. The number of rotatable bonds is 7. The van der Waals surface area contributed by atoms with Crippen LogP contribution in [0.15, 0.2) is 54.6 Å². The fourth-order valence-electron chi connectivity index (χ4n) is 3.17. The number of carbonyl (C=O) groups is 1. The van der Waals surface area contributed by atoms with Gasteiger partial charge < -0.3 is 25.5 Å². The SMILES string of the molecule is O=C(O)c1ccc(CCc2cc(CCc3ccc(O)c(O)c3)c(O)cc2O)cc1. The summed E-state index contributed by atoms with van der Waals surface area (Å²) in [7, 11) is 0. The maximum Gasteiger partial charge on any atom is 0.335 e. The van der Waals surface area contributed by atoms with Gasteiger partial charge in [0, 0.05) is 6.07 Å². The summed E-state index contributed by atoms with van der Waals surface area (Å²) in [5.41, 5.74) is 3.35. The van der Waals surface area contributed by atoms with Crippen LogP contribution in [0.4, 0.5) is 0 Å². The molecular weight excluding hydrogens is 372 g/mol. The highest BCUT2D eigenvalue weighted by Crippen LogP contribution is 2.30. The van der Waals surface area contributed by atoms with Crippen molar-refractivity contribution >= 4 is 5.97 Å². The molecule has 0 heterocycles. The van der Waals surface area contributed by atoms with Crippen LogP contribution in [0.1, 0.15) is 32.6 Å². The Balaban J connectivity index is 1.69. The number of benzene rings is 3. The normalized spacial score (nSPS) is 10.8. The van der Waals surface area contributed by atoms with Gasteiger partial charge in [-0.2, -0.15) is 0 Å². The van der Waals surface area contributed by atoms with Crippen LogP contribution in [0.5, 0.6) is 23.0 Å². The fraction of sp³-hybridized carbons (Fsp3) is 0.174. The van der Waals surface area contributed by atoms with E-state index < -0.39 is 5.97 Å². The van der Waals surface area contributed by atoms with Crippen molar-refractivity contribution in [2.75, 3.05) is 0 Å². The average molecular weight is 394 g/mol. The molecule has 0 fully saturated rings. The van der Waals surface area contributed by atoms with Crippen molar-refractivity contribution in [3.63, 3.8) is 0 Å². The number of carboxylic acids is 1. The third kappa shape index (κ3) is 4.99. The van der Waals surface area contributed by atoms with E-state index in [1.807, 2.05) is 0 Å². The van der Waals surface area contributed by atoms with Gasteiger partial charge in [-0.3, -0.25) is 0 Å². The van der Waals surface area contributed by atoms with E-state index in [1.54, 1.807) is 36.4 Å². The summed E-state index contributed by atoms with van der Waals surface area (Å²) in [5, 5.41) is 48.3. The molecule has 5 N–H and O–H groups in total. The van der Waals surface area contributed by atoms with E-state index >= 15 is 0 Å². The van der Waals surface area contributed by atoms with Crippen molar-refractivity contribution in [1.82, 2.24) is 0 Å². The number of aryl methyl sites for hydroxylation is 4. The Bertz CT molecular complexity index is 1020. The largest absolute Gasteiger partial charge is 0.508 e. The molecule has 0 aliphatic carbocycles. The monoisotopic (exact) mass is 394 g/mol. The van der Waals surface area contributed by atoms with Gasteiger partial charge in [0.2, 0.25) is 0 Å². The highest BCUT2D eigenvalue weighted by Gasteiger charge is 2.11. The van der Waals surface area contributed by atoms with E-state index in [2.05, 4.69) is 0 Å². The van der Waals surface area contributed by atoms with Gasteiger partial charge in [0.25, 0.3) is 0 Å². The van der Waals surface area contributed by atoms with Gasteiger partial charge in [0.1, 0.15) is 11.5 Å². The van der Waals surface area contributed by atoms with Crippen molar-refractivity contribution < 1.29 is 30.3 Å². The third-order valence-electron chi connectivity index (χ3n) is 4.89. The number of phenolic OH excluding ortho intramolecular Hbond substituents is 4. The second-order valence-electron chi connectivity index (χ2n) is 6.93. The predicted molar refractivity (Wildman–Crippen MR) is 108 cm³/mol. The molecule has 0 bridgehead atoms. The molecule has 0 saturated heterocycles. The van der Waals surface area contributed by atoms with Crippen molar-refractivity contribution in [2.45, 2.75) is 25.7 Å². The predicted octanol–water partition coefficient (Wildman–Crippen LogP) is 3.78. The molecule has 0 aliphatic heterocycles. The zero-order valence-electron chi connectivity index (χ0n) is 15.7. The number of aromatic carboxylic acids is 1. The third-order valence-corrected chi connectivity index (χ3v) is 4.89. The molecule has 3 aromatic rings. The van der Waals surface area contributed by atoms with E-state index in [0.717, 1.165) is 11.1 Å². The van der Waals surface area contributed by atoms with Gasteiger partial charge in [-0.15, -0.1) is 0 Å². The summed E-state index contributed by atoms with van der Waals surface area (Å²) in [6.07, 6.45) is 2.19. The van der Waals surface area contributed by atoms with Crippen LogP contribution in [0.25, 0.3) is 0 Å². The Kier molecular flexibility index (Phi) is 5.93. The summed E-state index contributed by atoms with van der Waals surface area (Å²) >= 11 is 0. The zero-order chi connectivity index (χ0) is 21.0. The average Bonchev–Trinajstić information content (AvgIpc) is 2.69. The molecule has 0 spiro atoms. The minimum absolute atomic E-state index is 0.0000568. The summed E-state index contributed by atoms with van der Waals surface area (Å²) in [6, 6.07) is 14.3. The number of hydrogen-bond acceptors (Lipinski definition) is 5. The molecule has 0 unspecified atom stereocenters. The molecule has 3 aromatic carbocycles. The first-order valence-electron chi connectivity index (χ1n) is 9.20. The smallest absolute Gasteiger partial charge is 0.335 e. The molecule has 0 atom stereocenters. The molecule has 6 nitrogen and oxygen atoms in total. The second kappa shape index (κ2) is 8.56. The lowest BCUT2D eigenvalue weighted by atomic mass is 9.97. The zero-order valence-corrected chi connectivity index (χ0v) is 15.7. The lowest BCUT2D eigenvalue weighted by Gasteiger charge is -2.11. The van der Waals surface area contributed by atoms with Crippen LogP contribution in [-0.4, -0.2) is 31.5 Å². The number of carboxylic acid groups (broad SMARTS) is 1. The van der Waals surface area contributed by atoms with Gasteiger partial charge in [-0.25, -0.2) is 4.79 Å². The summed E-state index contributed by atoms with van der Waals surface area (Å²) < 4.78 is 0. The van der Waals surface area contributed by atoms with Crippen LogP contribution >= 0.6 is 0 Å². The molecule has 6 heteroatoms. The fourth-order valence-corrected chi connectivity index (χ4v) is 3.17. The Hall–Kier alpha value is -3.67. The van der Waals surface area contributed by atoms with E-state index in [0.29, 0.717) is 36.8 Å². The number of phenols is 4. The Labute approximate surface area is 168 Å². The minimum Gasteiger partial charge on any atom is -0.508 e. The second-order valence-corrected chi connectivity index (χ2v) is 6.93. The first-order valence-corrected chi connectivity index (χ1v) is 9.20. The minimum atomic E-state index is -0.973. The topological polar surface area (TPSA) is 118 Å². The molecule has 0 aromatic heterocycles. The molecule has 29 heavy (non-hydrogen) atoms. The van der Waals surface area contributed by atoms with Gasteiger partial charge in [0.15, 0.2) is 11.5 Å². The highest BCUT2D eigenvalue weighted by atomic mass is 16.4. The van der Waals surface area contributed by atoms with Crippen molar-refractivity contribution in [1.29, 1.82) is 0 Å². The molecule has 0 radical (unpaired) electrons. The molecule has 3 rings (SSSR count). The summed E-state index contributed by atoms with van der Waals surface area (Å²) in [6.45, 7) is 0. The van der Waals surface area contributed by atoms with Crippen LogP contribution in [0, 0.1) is 0 Å². The standard InChI is InChI=1S/C23H22O6/c24-19-10-5-15(11-22(19)27)4-9-18-12-17(20(25)13-21(18)26)8-3-14-1-6-16(7-2-14)23(28)29/h1-2,5-7,10-13,24-27H,3-4,8-9H2,(H,28,29). The Morgan fingerprint density at radius 2 is 1.14 bits per heavy atom. The molecule has 150 valence electrons. The van der Waals surface area contributed by atoms with Gasteiger partial charge >= 0.3 is 5.97 Å². The summed E-state index contributed by atoms with van der Waals surface area (Å²) in [4.78, 5) is 10.9. The quantitative estimate of drug-likeness (QED) is 0.389. The lowest BCUT2D eigenvalue weighted by molar-refractivity contribution is 0.0697. The van der Waals surface area contributed by atoms with Gasteiger partial charge in [0.05, 0.1) is 5.56 Å². The molecule has 0 aliphatic rings. The van der Waals surface area contributed by atoms with Crippen molar-refractivity contribution in [3.8, 4) is 23.0 Å². The maximum absolute atomic E-state index is 10.9. The molecule has 0 amide bonds. The number of aromatic hydroxyl groups is 4. The van der Waals surface area contributed by atoms with Crippen molar-refractivity contribution in [2.24, 2.45) is 0 Å². The van der Waals surface area contributed by atoms with E-state index in [1.165, 1.54) is 18.2 Å². The number of hydrogen-bond donors (Lipinski definition) is 5. The van der Waals surface area contributed by atoms with E-state index in [-0.39, 0.29) is 28.6 Å². The van der Waals surface area contributed by atoms with Crippen LogP contribution < -0.4 is 0 Å². The Morgan fingerprint density at radius 3 is 1.69 bits per heavy atom. The van der Waals surface area contributed by atoms with E-state index in [9.17, 15) is 25.2 Å². The van der Waals surface area contributed by atoms with Crippen LogP contribution in [-0.2, 0) is 25.7 Å². The highest BCUT2D eigenvalue weighted by molar-refractivity contribution is 5.87. The van der Waals surface area contributed by atoms with Gasteiger partial charge in [-0.1, -0.05) is 18.2 Å². The molecular formula is C23H22O6. The maximum atomic E-state index is 10.9. The first kappa shape index (κ1) is 20.1. The van der Waals surface area contributed by atoms with E-state index in [4.69, 9.17) is 5.11 Å². The molecule has 0 saturated carbocycles. The lowest BCUT2D eigenvalue weighted by Crippen LogP contribution is -1.98. The first-order chi connectivity index (χ1) is 13.8. The van der Waals surface area contributed by atoms with Crippen molar-refractivity contribution in [3.05, 3.63) is 82.4 Å². The van der Waals surface area contributed by atoms with Crippen LogP contribution in [0.2, 0.25) is 0 Å².